The summed E-state index contributed by atoms with van der Waals surface area (Å²) < 4.78 is 0.959. The summed E-state index contributed by atoms with van der Waals surface area (Å²) in [6.45, 7) is 0.696. The molecular weight excluding hydrogens is 282 g/mol. The topological polar surface area (TPSA) is 73.3 Å². The summed E-state index contributed by atoms with van der Waals surface area (Å²) in [4.78, 5) is 2.14. The molecule has 0 atom stereocenters. The Morgan fingerprint density at radius 2 is 2.24 bits per heavy atom. The minimum atomic E-state index is 0.0658. The second-order valence-corrected chi connectivity index (χ2v) is 5.14. The van der Waals surface area contributed by atoms with Gasteiger partial charge in [0.15, 0.2) is 0 Å². The highest BCUT2D eigenvalue weighted by molar-refractivity contribution is 9.10. The van der Waals surface area contributed by atoms with Crippen LogP contribution in [0.5, 0.6) is 0 Å². The number of nitrogens with zero attached hydrogens (tertiary/aromatic N) is 1. The molecule has 0 aromatic heterocycles. The Balaban J connectivity index is 2.39. The second-order valence-electron chi connectivity index (χ2n) is 4.22. The summed E-state index contributed by atoms with van der Waals surface area (Å²) in [5.74, 6) is 0.0658. The van der Waals surface area contributed by atoms with Crippen LogP contribution in [-0.4, -0.2) is 30.1 Å². The van der Waals surface area contributed by atoms with Crippen LogP contribution in [0.25, 0.3) is 0 Å². The van der Waals surface area contributed by atoms with E-state index in [2.05, 4.69) is 20.8 Å². The van der Waals surface area contributed by atoms with E-state index in [4.69, 9.17) is 16.2 Å². The molecule has 0 bridgehead atoms. The molecule has 5 heteroatoms. The number of nitrogen functional groups attached to an aromatic ring is 1. The first-order chi connectivity index (χ1) is 8.13. The van der Waals surface area contributed by atoms with Crippen LogP contribution in [0.15, 0.2) is 22.7 Å². The van der Waals surface area contributed by atoms with Crippen molar-refractivity contribution in [2.45, 2.75) is 18.9 Å². The number of anilines is 1. The first-order valence-electron chi connectivity index (χ1n) is 5.65. The van der Waals surface area contributed by atoms with Crippen molar-refractivity contribution in [3.8, 4) is 0 Å². The van der Waals surface area contributed by atoms with Crippen LogP contribution >= 0.6 is 15.9 Å². The van der Waals surface area contributed by atoms with Gasteiger partial charge >= 0.3 is 0 Å². The molecule has 1 fully saturated rings. The second kappa shape index (κ2) is 5.06. The van der Waals surface area contributed by atoms with Gasteiger partial charge in [0.1, 0.15) is 5.84 Å². The quantitative estimate of drug-likeness (QED) is 0.572. The third-order valence-electron chi connectivity index (χ3n) is 2.89. The normalized spacial score (nSPS) is 14.7. The molecule has 0 radical (unpaired) electrons. The van der Waals surface area contributed by atoms with Crippen LogP contribution in [-0.2, 0) is 0 Å². The predicted octanol–water partition coefficient (Wildman–Crippen LogP) is 1.69. The highest BCUT2D eigenvalue weighted by atomic mass is 79.9. The van der Waals surface area contributed by atoms with Crippen molar-refractivity contribution in [1.29, 1.82) is 5.41 Å². The highest BCUT2D eigenvalue weighted by Gasteiger charge is 2.30. The number of nitrogens with two attached hydrogens (primary N) is 1. The number of hydrogen-bond acceptors (Lipinski definition) is 3. The number of nitrogens with one attached hydrogen (secondary N) is 1. The van der Waals surface area contributed by atoms with Gasteiger partial charge in [0.25, 0.3) is 0 Å². The maximum atomic E-state index is 9.14. The lowest BCUT2D eigenvalue weighted by atomic mass is 10.1. The molecular formula is C12H16BrN3O. The van der Waals surface area contributed by atoms with Gasteiger partial charge in [-0.25, -0.2) is 0 Å². The summed E-state index contributed by atoms with van der Waals surface area (Å²) in [5.41, 5.74) is 7.26. The van der Waals surface area contributed by atoms with Gasteiger partial charge < -0.3 is 15.7 Å². The van der Waals surface area contributed by atoms with E-state index in [0.29, 0.717) is 12.6 Å². The summed E-state index contributed by atoms with van der Waals surface area (Å²) in [6.07, 6.45) is 2.29. The zero-order valence-corrected chi connectivity index (χ0v) is 11.1. The van der Waals surface area contributed by atoms with E-state index in [1.165, 1.54) is 0 Å². The molecule has 92 valence electrons. The van der Waals surface area contributed by atoms with Crippen molar-refractivity contribution in [2.24, 2.45) is 5.73 Å². The fraction of sp³-hybridized carbons (Fsp3) is 0.417. The highest BCUT2D eigenvalue weighted by Crippen LogP contribution is 2.34. The SMILES string of the molecule is N=C(N)c1ccc(Br)cc1N(CCO)C1CC1. The number of rotatable bonds is 5. The van der Waals surface area contributed by atoms with E-state index < -0.39 is 0 Å². The average molecular weight is 298 g/mol. The molecule has 0 heterocycles. The molecule has 1 aliphatic rings. The van der Waals surface area contributed by atoms with Crippen LogP contribution in [0.1, 0.15) is 18.4 Å². The minimum Gasteiger partial charge on any atom is -0.395 e. The van der Waals surface area contributed by atoms with E-state index in [-0.39, 0.29) is 12.4 Å². The minimum absolute atomic E-state index is 0.0658. The van der Waals surface area contributed by atoms with Crippen LogP contribution in [0.2, 0.25) is 0 Å². The molecule has 1 aromatic rings. The van der Waals surface area contributed by atoms with Crippen LogP contribution in [0, 0.1) is 5.41 Å². The molecule has 0 saturated heterocycles. The maximum Gasteiger partial charge on any atom is 0.124 e. The van der Waals surface area contributed by atoms with Crippen molar-refractivity contribution in [3.05, 3.63) is 28.2 Å². The van der Waals surface area contributed by atoms with Gasteiger partial charge in [-0.15, -0.1) is 0 Å². The van der Waals surface area contributed by atoms with Crippen molar-refractivity contribution in [1.82, 2.24) is 0 Å². The number of amidine groups is 1. The molecule has 4 N–H and O–H groups in total. The maximum absolute atomic E-state index is 9.14. The fourth-order valence-corrected chi connectivity index (χ4v) is 2.31. The zero-order chi connectivity index (χ0) is 12.4. The zero-order valence-electron chi connectivity index (χ0n) is 9.49. The molecule has 2 rings (SSSR count). The summed E-state index contributed by atoms with van der Waals surface area (Å²) >= 11 is 3.43. The molecule has 0 aliphatic heterocycles. The van der Waals surface area contributed by atoms with Gasteiger partial charge in [-0.1, -0.05) is 15.9 Å². The first-order valence-corrected chi connectivity index (χ1v) is 6.44. The van der Waals surface area contributed by atoms with Gasteiger partial charge in [-0.2, -0.15) is 0 Å². The monoisotopic (exact) mass is 297 g/mol. The van der Waals surface area contributed by atoms with Gasteiger partial charge in [0.05, 0.1) is 6.61 Å². The Labute approximate surface area is 109 Å². The average Bonchev–Trinajstić information content (AvgIpc) is 3.09. The number of hydrogen-bond donors (Lipinski definition) is 3. The summed E-state index contributed by atoms with van der Waals surface area (Å²) in [5, 5.41) is 16.7. The molecule has 17 heavy (non-hydrogen) atoms. The molecule has 4 nitrogen and oxygen atoms in total. The molecule has 0 spiro atoms. The van der Waals surface area contributed by atoms with Crippen LogP contribution < -0.4 is 10.6 Å². The lowest BCUT2D eigenvalue weighted by Gasteiger charge is -2.26. The lowest BCUT2D eigenvalue weighted by molar-refractivity contribution is 0.301. The van der Waals surface area contributed by atoms with Crippen LogP contribution in [0.4, 0.5) is 5.69 Å². The van der Waals surface area contributed by atoms with Crippen molar-refractivity contribution in [2.75, 3.05) is 18.1 Å². The lowest BCUT2D eigenvalue weighted by Crippen LogP contribution is -2.31. The van der Waals surface area contributed by atoms with Gasteiger partial charge in [-0.3, -0.25) is 5.41 Å². The van der Waals surface area contributed by atoms with E-state index >= 15 is 0 Å². The largest absolute Gasteiger partial charge is 0.395 e. The fourth-order valence-electron chi connectivity index (χ4n) is 1.96. The first kappa shape index (κ1) is 12.4. The van der Waals surface area contributed by atoms with Gasteiger partial charge in [0.2, 0.25) is 0 Å². The number of halogens is 1. The number of aliphatic hydroxyl groups excluding tert-OH is 1. The Bertz CT molecular complexity index is 432. The van der Waals surface area contributed by atoms with E-state index in [9.17, 15) is 0 Å². The smallest absolute Gasteiger partial charge is 0.124 e. The Morgan fingerprint density at radius 3 is 2.76 bits per heavy atom. The predicted molar refractivity (Wildman–Crippen MR) is 72.6 cm³/mol. The molecule has 0 amide bonds. The third kappa shape index (κ3) is 2.79. The van der Waals surface area contributed by atoms with E-state index in [0.717, 1.165) is 28.6 Å². The standard InChI is InChI=1S/C12H16BrN3O/c13-8-1-4-10(12(14)15)11(7-8)16(5-6-17)9-2-3-9/h1,4,7,9,17H,2-3,5-6H2,(H3,14,15). The number of benzene rings is 1. The molecule has 1 aliphatic carbocycles. The van der Waals surface area contributed by atoms with Crippen molar-refractivity contribution >= 4 is 27.5 Å². The van der Waals surface area contributed by atoms with E-state index in [1.807, 2.05) is 18.2 Å². The van der Waals surface area contributed by atoms with Crippen molar-refractivity contribution in [3.63, 3.8) is 0 Å². The van der Waals surface area contributed by atoms with Gasteiger partial charge in [-0.05, 0) is 31.0 Å². The molecule has 0 unspecified atom stereocenters. The van der Waals surface area contributed by atoms with Crippen molar-refractivity contribution < 1.29 is 5.11 Å². The Hall–Kier alpha value is -1.07. The Kier molecular flexibility index (Phi) is 3.69. The van der Waals surface area contributed by atoms with Crippen LogP contribution in [0.3, 0.4) is 0 Å². The van der Waals surface area contributed by atoms with Gasteiger partial charge in [0, 0.05) is 28.3 Å². The summed E-state index contributed by atoms with van der Waals surface area (Å²) in [6, 6.07) is 6.17. The molecule has 1 saturated carbocycles. The van der Waals surface area contributed by atoms with E-state index in [1.54, 1.807) is 0 Å². The summed E-state index contributed by atoms with van der Waals surface area (Å²) in [7, 11) is 0. The Morgan fingerprint density at radius 1 is 1.53 bits per heavy atom. The third-order valence-corrected chi connectivity index (χ3v) is 3.38. The number of aliphatic hydroxyl groups is 1. The molecule has 1 aromatic carbocycles.